The normalized spacial score (nSPS) is 22.8. The van der Waals surface area contributed by atoms with Gasteiger partial charge >= 0.3 is 0 Å². The molecule has 2 aromatic rings. The maximum atomic E-state index is 9.48. The molecule has 1 aromatic heterocycles. The van der Waals surface area contributed by atoms with Crippen molar-refractivity contribution in [1.29, 1.82) is 0 Å². The standard InChI is InChI=1S/C14H17N3O2/c1-9-2-4-10(5-3-9)6-13-16-14(19-17-13)12-7-11(18)8-15-12/h2-5,11-12,15,18H,6-8H2,1H3/t11-,12-/m1/s1. The van der Waals surface area contributed by atoms with E-state index in [2.05, 4.69) is 46.6 Å². The predicted octanol–water partition coefficient (Wildman–Crippen LogP) is 1.36. The Kier molecular flexibility index (Phi) is 3.31. The highest BCUT2D eigenvalue weighted by Gasteiger charge is 2.27. The fourth-order valence-electron chi connectivity index (χ4n) is 2.27. The van der Waals surface area contributed by atoms with Gasteiger partial charge in [0.1, 0.15) is 0 Å². The smallest absolute Gasteiger partial charge is 0.243 e. The van der Waals surface area contributed by atoms with Gasteiger partial charge in [-0.05, 0) is 18.9 Å². The zero-order valence-electron chi connectivity index (χ0n) is 10.8. The molecule has 0 radical (unpaired) electrons. The van der Waals surface area contributed by atoms with Gasteiger partial charge in [-0.2, -0.15) is 4.98 Å². The average Bonchev–Trinajstić information content (AvgIpc) is 3.01. The lowest BCUT2D eigenvalue weighted by Gasteiger charge is -2.01. The van der Waals surface area contributed by atoms with Crippen molar-refractivity contribution in [2.75, 3.05) is 6.54 Å². The number of benzene rings is 1. The van der Waals surface area contributed by atoms with Crippen LogP contribution in [0.5, 0.6) is 0 Å². The van der Waals surface area contributed by atoms with Crippen molar-refractivity contribution in [3.63, 3.8) is 0 Å². The molecule has 0 bridgehead atoms. The van der Waals surface area contributed by atoms with Gasteiger partial charge in [0.2, 0.25) is 5.89 Å². The molecule has 5 heteroatoms. The lowest BCUT2D eigenvalue weighted by atomic mass is 10.1. The van der Waals surface area contributed by atoms with Gasteiger partial charge in [0.05, 0.1) is 12.1 Å². The van der Waals surface area contributed by atoms with Crippen molar-refractivity contribution in [3.05, 3.63) is 47.1 Å². The van der Waals surface area contributed by atoms with Crippen molar-refractivity contribution < 1.29 is 9.63 Å². The Morgan fingerprint density at radius 3 is 2.84 bits per heavy atom. The highest BCUT2D eigenvalue weighted by Crippen LogP contribution is 2.22. The molecule has 2 N–H and O–H groups in total. The average molecular weight is 259 g/mol. The molecular weight excluding hydrogens is 242 g/mol. The molecule has 1 aromatic carbocycles. The number of nitrogens with zero attached hydrogens (tertiary/aromatic N) is 2. The number of β-amino-alcohol motifs (C(OH)–C–C–N with tert-alkyl or cyclic N) is 1. The summed E-state index contributed by atoms with van der Waals surface area (Å²) >= 11 is 0. The molecule has 3 rings (SSSR count). The summed E-state index contributed by atoms with van der Waals surface area (Å²) in [6.07, 6.45) is 0.975. The quantitative estimate of drug-likeness (QED) is 0.871. The van der Waals surface area contributed by atoms with Gasteiger partial charge in [-0.15, -0.1) is 0 Å². The zero-order chi connectivity index (χ0) is 13.2. The van der Waals surface area contributed by atoms with Crippen LogP contribution in [0.2, 0.25) is 0 Å². The Morgan fingerprint density at radius 1 is 1.37 bits per heavy atom. The van der Waals surface area contributed by atoms with Crippen LogP contribution in [0, 0.1) is 6.92 Å². The summed E-state index contributed by atoms with van der Waals surface area (Å²) in [5.41, 5.74) is 2.40. The van der Waals surface area contributed by atoms with E-state index in [1.165, 1.54) is 5.56 Å². The number of nitrogens with one attached hydrogen (secondary N) is 1. The van der Waals surface area contributed by atoms with Gasteiger partial charge < -0.3 is 14.9 Å². The maximum Gasteiger partial charge on any atom is 0.243 e. The minimum absolute atomic E-state index is 0.0192. The zero-order valence-corrected chi connectivity index (χ0v) is 10.8. The van der Waals surface area contributed by atoms with E-state index in [0.29, 0.717) is 31.1 Å². The van der Waals surface area contributed by atoms with Crippen molar-refractivity contribution in [1.82, 2.24) is 15.5 Å². The Balaban J connectivity index is 1.69. The van der Waals surface area contributed by atoms with Gasteiger partial charge in [-0.25, -0.2) is 0 Å². The number of rotatable bonds is 3. The number of aliphatic hydroxyl groups is 1. The van der Waals surface area contributed by atoms with Crippen LogP contribution < -0.4 is 5.32 Å². The van der Waals surface area contributed by atoms with Crippen LogP contribution in [-0.2, 0) is 6.42 Å². The van der Waals surface area contributed by atoms with Crippen molar-refractivity contribution in [2.24, 2.45) is 0 Å². The summed E-state index contributed by atoms with van der Waals surface area (Å²) < 4.78 is 5.26. The monoisotopic (exact) mass is 259 g/mol. The molecule has 0 unspecified atom stereocenters. The van der Waals surface area contributed by atoms with Crippen LogP contribution in [0.15, 0.2) is 28.8 Å². The second kappa shape index (κ2) is 5.11. The third-order valence-corrected chi connectivity index (χ3v) is 3.37. The Morgan fingerprint density at radius 2 is 2.16 bits per heavy atom. The third kappa shape index (κ3) is 2.83. The molecule has 100 valence electrons. The first-order valence-electron chi connectivity index (χ1n) is 6.50. The van der Waals surface area contributed by atoms with Crippen molar-refractivity contribution in [3.8, 4) is 0 Å². The summed E-state index contributed by atoms with van der Waals surface area (Å²) in [5, 5.41) is 16.6. The number of hydrogen-bond donors (Lipinski definition) is 2. The maximum absolute atomic E-state index is 9.48. The van der Waals surface area contributed by atoms with E-state index in [-0.39, 0.29) is 12.1 Å². The van der Waals surface area contributed by atoms with Gasteiger partial charge in [0, 0.05) is 13.0 Å². The van der Waals surface area contributed by atoms with E-state index in [1.807, 2.05) is 0 Å². The van der Waals surface area contributed by atoms with E-state index in [0.717, 1.165) is 5.56 Å². The first kappa shape index (κ1) is 12.3. The Labute approximate surface area is 111 Å². The largest absolute Gasteiger partial charge is 0.392 e. The van der Waals surface area contributed by atoms with E-state index >= 15 is 0 Å². The summed E-state index contributed by atoms with van der Waals surface area (Å²) in [6, 6.07) is 8.27. The van der Waals surface area contributed by atoms with Crippen LogP contribution in [0.3, 0.4) is 0 Å². The summed E-state index contributed by atoms with van der Waals surface area (Å²) in [5.74, 6) is 1.25. The van der Waals surface area contributed by atoms with Gasteiger partial charge in [0.25, 0.3) is 0 Å². The molecule has 0 amide bonds. The topological polar surface area (TPSA) is 71.2 Å². The van der Waals surface area contributed by atoms with E-state index in [1.54, 1.807) is 0 Å². The lowest BCUT2D eigenvalue weighted by Crippen LogP contribution is -2.15. The van der Waals surface area contributed by atoms with Crippen LogP contribution in [-0.4, -0.2) is 27.9 Å². The number of aryl methyl sites for hydroxylation is 1. The first-order chi connectivity index (χ1) is 9.20. The molecule has 2 atom stereocenters. The SMILES string of the molecule is Cc1ccc(Cc2noc([C@H]3C[C@@H](O)CN3)n2)cc1. The predicted molar refractivity (Wildman–Crippen MR) is 69.7 cm³/mol. The Bertz CT molecular complexity index is 550. The highest BCUT2D eigenvalue weighted by molar-refractivity contribution is 5.23. The third-order valence-electron chi connectivity index (χ3n) is 3.37. The minimum Gasteiger partial charge on any atom is -0.392 e. The molecular formula is C14H17N3O2. The summed E-state index contributed by atoms with van der Waals surface area (Å²) in [7, 11) is 0. The molecule has 1 aliphatic heterocycles. The van der Waals surface area contributed by atoms with Crippen LogP contribution in [0.1, 0.15) is 35.3 Å². The fraction of sp³-hybridized carbons (Fsp3) is 0.429. The van der Waals surface area contributed by atoms with Crippen LogP contribution in [0.25, 0.3) is 0 Å². The number of aliphatic hydroxyl groups excluding tert-OH is 1. The van der Waals surface area contributed by atoms with Gasteiger partial charge in [-0.3, -0.25) is 0 Å². The van der Waals surface area contributed by atoms with Crippen molar-refractivity contribution in [2.45, 2.75) is 31.9 Å². The highest BCUT2D eigenvalue weighted by atomic mass is 16.5. The van der Waals surface area contributed by atoms with E-state index in [9.17, 15) is 5.11 Å². The van der Waals surface area contributed by atoms with Crippen LogP contribution in [0.4, 0.5) is 0 Å². The number of hydrogen-bond acceptors (Lipinski definition) is 5. The molecule has 1 aliphatic rings. The fourth-order valence-corrected chi connectivity index (χ4v) is 2.27. The molecule has 0 spiro atoms. The van der Waals surface area contributed by atoms with E-state index in [4.69, 9.17) is 4.52 Å². The lowest BCUT2D eigenvalue weighted by molar-refractivity contribution is 0.191. The molecule has 0 saturated carbocycles. The second-order valence-electron chi connectivity index (χ2n) is 5.06. The van der Waals surface area contributed by atoms with E-state index < -0.39 is 0 Å². The van der Waals surface area contributed by atoms with Crippen LogP contribution >= 0.6 is 0 Å². The molecule has 2 heterocycles. The minimum atomic E-state index is -0.322. The van der Waals surface area contributed by atoms with Gasteiger partial charge in [0.15, 0.2) is 5.82 Å². The summed E-state index contributed by atoms with van der Waals surface area (Å²) in [6.45, 7) is 2.65. The van der Waals surface area contributed by atoms with Gasteiger partial charge in [-0.1, -0.05) is 35.0 Å². The molecule has 1 saturated heterocycles. The molecule has 5 nitrogen and oxygen atoms in total. The van der Waals surface area contributed by atoms with Crippen molar-refractivity contribution >= 4 is 0 Å². The molecule has 1 fully saturated rings. The Hall–Kier alpha value is -1.72. The molecule has 0 aliphatic carbocycles. The summed E-state index contributed by atoms with van der Waals surface area (Å²) in [4.78, 5) is 4.39. The number of aromatic nitrogens is 2. The molecule has 19 heavy (non-hydrogen) atoms. The second-order valence-corrected chi connectivity index (χ2v) is 5.06. The first-order valence-corrected chi connectivity index (χ1v) is 6.50.